The van der Waals surface area contributed by atoms with Crippen molar-refractivity contribution in [3.8, 4) is 0 Å². The standard InChI is InChI=1S/C16H25N3/c1-2-13-7-6-10-19(11-13)12-15(16(17)18)14-8-4-3-5-9-14/h3-5,8-9,13,15H,2,6-7,10-12H2,1H3,(H3,17,18). The van der Waals surface area contributed by atoms with Crippen LogP contribution >= 0.6 is 0 Å². The fraction of sp³-hybridized carbons (Fsp3) is 0.562. The van der Waals surface area contributed by atoms with E-state index in [-0.39, 0.29) is 11.8 Å². The van der Waals surface area contributed by atoms with Gasteiger partial charge in [-0.2, -0.15) is 0 Å². The largest absolute Gasteiger partial charge is 0.387 e. The maximum absolute atomic E-state index is 7.85. The number of piperidine rings is 1. The van der Waals surface area contributed by atoms with Crippen molar-refractivity contribution in [1.29, 1.82) is 5.41 Å². The zero-order chi connectivity index (χ0) is 13.7. The molecule has 1 aliphatic heterocycles. The maximum Gasteiger partial charge on any atom is 0.0995 e. The van der Waals surface area contributed by atoms with Gasteiger partial charge in [-0.25, -0.2) is 0 Å². The lowest BCUT2D eigenvalue weighted by Crippen LogP contribution is -2.40. The average molecular weight is 259 g/mol. The molecule has 2 rings (SSSR count). The summed E-state index contributed by atoms with van der Waals surface area (Å²) < 4.78 is 0. The monoisotopic (exact) mass is 259 g/mol. The molecule has 0 spiro atoms. The number of nitrogens with one attached hydrogen (secondary N) is 1. The Morgan fingerprint density at radius 3 is 2.79 bits per heavy atom. The van der Waals surface area contributed by atoms with E-state index in [0.29, 0.717) is 0 Å². The molecule has 2 atom stereocenters. The summed E-state index contributed by atoms with van der Waals surface area (Å²) in [7, 11) is 0. The smallest absolute Gasteiger partial charge is 0.0995 e. The van der Waals surface area contributed by atoms with Gasteiger partial charge < -0.3 is 10.6 Å². The first-order valence-electron chi connectivity index (χ1n) is 7.32. The Labute approximate surface area is 116 Å². The number of hydrogen-bond acceptors (Lipinski definition) is 2. The summed E-state index contributed by atoms with van der Waals surface area (Å²) in [6.07, 6.45) is 3.88. The fourth-order valence-electron chi connectivity index (χ4n) is 2.98. The van der Waals surface area contributed by atoms with Crippen molar-refractivity contribution in [2.45, 2.75) is 32.1 Å². The van der Waals surface area contributed by atoms with E-state index in [2.05, 4.69) is 24.0 Å². The Bertz CT molecular complexity index is 402. The van der Waals surface area contributed by atoms with Crippen molar-refractivity contribution in [2.24, 2.45) is 11.7 Å². The minimum Gasteiger partial charge on any atom is -0.387 e. The van der Waals surface area contributed by atoms with Gasteiger partial charge in [-0.3, -0.25) is 5.41 Å². The van der Waals surface area contributed by atoms with E-state index in [1.165, 1.54) is 19.3 Å². The fourth-order valence-corrected chi connectivity index (χ4v) is 2.98. The molecule has 104 valence electrons. The van der Waals surface area contributed by atoms with E-state index in [1.807, 2.05) is 18.2 Å². The molecule has 0 aromatic heterocycles. The van der Waals surface area contributed by atoms with Gasteiger partial charge in [0.05, 0.1) is 11.8 Å². The molecule has 1 heterocycles. The van der Waals surface area contributed by atoms with Crippen molar-refractivity contribution in [1.82, 2.24) is 4.90 Å². The first-order valence-corrected chi connectivity index (χ1v) is 7.32. The predicted molar refractivity (Wildman–Crippen MR) is 80.6 cm³/mol. The summed E-state index contributed by atoms with van der Waals surface area (Å²) in [5.74, 6) is 1.14. The Balaban J connectivity index is 2.03. The van der Waals surface area contributed by atoms with Crippen LogP contribution in [0.15, 0.2) is 30.3 Å². The highest BCUT2D eigenvalue weighted by atomic mass is 15.1. The predicted octanol–water partition coefficient (Wildman–Crippen LogP) is 2.83. The Morgan fingerprint density at radius 1 is 1.42 bits per heavy atom. The van der Waals surface area contributed by atoms with Crippen LogP contribution in [0.4, 0.5) is 0 Å². The Kier molecular flexibility index (Phi) is 4.97. The summed E-state index contributed by atoms with van der Waals surface area (Å²) in [5, 5.41) is 7.85. The maximum atomic E-state index is 7.85. The molecule has 0 bridgehead atoms. The second-order valence-corrected chi connectivity index (χ2v) is 5.59. The third kappa shape index (κ3) is 3.80. The van der Waals surface area contributed by atoms with Crippen LogP contribution in [0.1, 0.15) is 37.7 Å². The molecular weight excluding hydrogens is 234 g/mol. The van der Waals surface area contributed by atoms with E-state index in [1.54, 1.807) is 0 Å². The third-order valence-corrected chi connectivity index (χ3v) is 4.20. The summed E-state index contributed by atoms with van der Waals surface area (Å²) in [4.78, 5) is 2.48. The Hall–Kier alpha value is -1.35. The van der Waals surface area contributed by atoms with Gasteiger partial charge in [-0.1, -0.05) is 43.7 Å². The topological polar surface area (TPSA) is 53.1 Å². The average Bonchev–Trinajstić information content (AvgIpc) is 2.45. The van der Waals surface area contributed by atoms with Gasteiger partial charge in [0.1, 0.15) is 0 Å². The van der Waals surface area contributed by atoms with Crippen molar-refractivity contribution in [3.05, 3.63) is 35.9 Å². The first kappa shape index (κ1) is 14.1. The zero-order valence-electron chi connectivity index (χ0n) is 11.8. The molecule has 1 saturated heterocycles. The van der Waals surface area contributed by atoms with Crippen LogP contribution in [0.5, 0.6) is 0 Å². The summed E-state index contributed by atoms with van der Waals surface area (Å²) >= 11 is 0. The lowest BCUT2D eigenvalue weighted by atomic mass is 9.92. The molecule has 3 N–H and O–H groups in total. The number of benzene rings is 1. The normalized spacial score (nSPS) is 22.1. The minimum atomic E-state index is 0.0387. The van der Waals surface area contributed by atoms with Gasteiger partial charge in [0.25, 0.3) is 0 Å². The van der Waals surface area contributed by atoms with Crippen LogP contribution in [-0.2, 0) is 0 Å². The quantitative estimate of drug-likeness (QED) is 0.631. The summed E-state index contributed by atoms with van der Waals surface area (Å²) in [6, 6.07) is 10.2. The molecule has 1 aromatic carbocycles. The lowest BCUT2D eigenvalue weighted by Gasteiger charge is -2.34. The first-order chi connectivity index (χ1) is 9.20. The number of hydrogen-bond donors (Lipinski definition) is 2. The van der Waals surface area contributed by atoms with E-state index < -0.39 is 0 Å². The molecule has 0 saturated carbocycles. The summed E-state index contributed by atoms with van der Waals surface area (Å²) in [6.45, 7) is 5.46. The van der Waals surface area contributed by atoms with E-state index in [9.17, 15) is 0 Å². The molecule has 3 heteroatoms. The molecule has 3 nitrogen and oxygen atoms in total. The number of likely N-dealkylation sites (tertiary alicyclic amines) is 1. The molecule has 0 aliphatic carbocycles. The van der Waals surface area contributed by atoms with Crippen molar-refractivity contribution in [3.63, 3.8) is 0 Å². The van der Waals surface area contributed by atoms with Crippen LogP contribution in [0.2, 0.25) is 0 Å². The Morgan fingerprint density at radius 2 is 2.16 bits per heavy atom. The van der Waals surface area contributed by atoms with Gasteiger partial charge in [0.15, 0.2) is 0 Å². The SMILES string of the molecule is CCC1CCCN(CC(C(=N)N)c2ccccc2)C1. The molecule has 1 fully saturated rings. The van der Waals surface area contributed by atoms with Crippen LogP contribution in [-0.4, -0.2) is 30.4 Å². The third-order valence-electron chi connectivity index (χ3n) is 4.20. The molecule has 2 unspecified atom stereocenters. The number of nitrogens with zero attached hydrogens (tertiary/aromatic N) is 1. The van der Waals surface area contributed by atoms with E-state index in [4.69, 9.17) is 11.1 Å². The van der Waals surface area contributed by atoms with Crippen LogP contribution in [0, 0.1) is 11.3 Å². The second kappa shape index (κ2) is 6.71. The molecule has 1 aliphatic rings. The van der Waals surface area contributed by atoms with Crippen molar-refractivity contribution >= 4 is 5.84 Å². The van der Waals surface area contributed by atoms with E-state index in [0.717, 1.165) is 31.1 Å². The molecule has 1 aromatic rings. The number of rotatable bonds is 5. The van der Waals surface area contributed by atoms with Crippen molar-refractivity contribution in [2.75, 3.05) is 19.6 Å². The van der Waals surface area contributed by atoms with Crippen LogP contribution in [0.25, 0.3) is 0 Å². The number of amidine groups is 1. The molecule has 0 amide bonds. The van der Waals surface area contributed by atoms with Gasteiger partial charge in [0.2, 0.25) is 0 Å². The van der Waals surface area contributed by atoms with E-state index >= 15 is 0 Å². The lowest BCUT2D eigenvalue weighted by molar-refractivity contribution is 0.170. The highest BCUT2D eigenvalue weighted by Gasteiger charge is 2.23. The van der Waals surface area contributed by atoms with Crippen molar-refractivity contribution < 1.29 is 0 Å². The van der Waals surface area contributed by atoms with Gasteiger partial charge in [0, 0.05) is 13.1 Å². The van der Waals surface area contributed by atoms with Gasteiger partial charge in [-0.05, 0) is 30.9 Å². The minimum absolute atomic E-state index is 0.0387. The van der Waals surface area contributed by atoms with Crippen LogP contribution in [0.3, 0.4) is 0 Å². The van der Waals surface area contributed by atoms with Gasteiger partial charge >= 0.3 is 0 Å². The molecule has 0 radical (unpaired) electrons. The van der Waals surface area contributed by atoms with Crippen LogP contribution < -0.4 is 5.73 Å². The summed E-state index contributed by atoms with van der Waals surface area (Å²) in [5.41, 5.74) is 6.97. The number of nitrogens with two attached hydrogens (primary N) is 1. The van der Waals surface area contributed by atoms with Gasteiger partial charge in [-0.15, -0.1) is 0 Å². The molecular formula is C16H25N3. The highest BCUT2D eigenvalue weighted by Crippen LogP contribution is 2.23. The highest BCUT2D eigenvalue weighted by molar-refractivity contribution is 5.84. The molecule has 19 heavy (non-hydrogen) atoms. The second-order valence-electron chi connectivity index (χ2n) is 5.59. The zero-order valence-corrected chi connectivity index (χ0v) is 11.8.